The molecule has 1 rings (SSSR count). The van der Waals surface area contributed by atoms with Crippen molar-refractivity contribution in [3.05, 3.63) is 36.1 Å². The van der Waals surface area contributed by atoms with Gasteiger partial charge in [-0.3, -0.25) is 0 Å². The molecular weight excluding hydrogens is 160 g/mol. The molecule has 0 aliphatic heterocycles. The van der Waals surface area contributed by atoms with Gasteiger partial charge in [0, 0.05) is 6.42 Å². The standard InChI is InChI=1S/C12H18O/c13-12-10-8-6-4-2-1-3-5-7-9-11-12/h2,4,6,8,10,13H,1,3,5,7,9,11H2/b4-2-,8-6-,12-10+. The molecule has 13 heavy (non-hydrogen) atoms. The second-order valence-electron chi connectivity index (χ2n) is 3.42. The highest BCUT2D eigenvalue weighted by molar-refractivity contribution is 5.13. The van der Waals surface area contributed by atoms with Crippen LogP contribution in [0.15, 0.2) is 36.1 Å². The number of rotatable bonds is 0. The molecule has 0 radical (unpaired) electrons. The summed E-state index contributed by atoms with van der Waals surface area (Å²) >= 11 is 0. The topological polar surface area (TPSA) is 20.2 Å². The minimum Gasteiger partial charge on any atom is -0.512 e. The van der Waals surface area contributed by atoms with Gasteiger partial charge in [-0.05, 0) is 25.3 Å². The molecule has 0 heterocycles. The van der Waals surface area contributed by atoms with Crippen LogP contribution in [0.3, 0.4) is 0 Å². The summed E-state index contributed by atoms with van der Waals surface area (Å²) in [6.07, 6.45) is 16.8. The van der Waals surface area contributed by atoms with E-state index < -0.39 is 0 Å². The van der Waals surface area contributed by atoms with Crippen molar-refractivity contribution in [2.45, 2.75) is 38.5 Å². The molecule has 0 aromatic rings. The molecule has 1 aliphatic carbocycles. The van der Waals surface area contributed by atoms with Gasteiger partial charge in [0.1, 0.15) is 0 Å². The molecule has 1 N–H and O–H groups in total. The molecule has 0 bridgehead atoms. The Morgan fingerprint density at radius 3 is 2.69 bits per heavy atom. The smallest absolute Gasteiger partial charge is 0.0922 e. The molecule has 0 unspecified atom stereocenters. The van der Waals surface area contributed by atoms with E-state index in [-0.39, 0.29) is 0 Å². The predicted molar refractivity (Wildman–Crippen MR) is 56.7 cm³/mol. The fourth-order valence-electron chi connectivity index (χ4n) is 1.41. The third-order valence-corrected chi connectivity index (χ3v) is 2.20. The zero-order valence-electron chi connectivity index (χ0n) is 8.08. The van der Waals surface area contributed by atoms with Gasteiger partial charge in [0.05, 0.1) is 5.76 Å². The third kappa shape index (κ3) is 5.29. The molecular formula is C12H18O. The molecule has 1 aliphatic rings. The number of allylic oxidation sites excluding steroid dienone is 6. The summed E-state index contributed by atoms with van der Waals surface area (Å²) in [4.78, 5) is 0. The molecule has 0 spiro atoms. The average molecular weight is 178 g/mol. The highest BCUT2D eigenvalue weighted by Crippen LogP contribution is 2.10. The predicted octanol–water partition coefficient (Wildman–Crippen LogP) is 3.89. The quantitative estimate of drug-likeness (QED) is 0.596. The highest BCUT2D eigenvalue weighted by atomic mass is 16.3. The Labute approximate surface area is 80.5 Å². The molecule has 0 saturated carbocycles. The summed E-state index contributed by atoms with van der Waals surface area (Å²) in [6.45, 7) is 0. The Hall–Kier alpha value is -0.980. The van der Waals surface area contributed by atoms with Crippen molar-refractivity contribution in [3.8, 4) is 0 Å². The summed E-state index contributed by atoms with van der Waals surface area (Å²) in [6, 6.07) is 0. The van der Waals surface area contributed by atoms with E-state index in [0.29, 0.717) is 5.76 Å². The first kappa shape index (κ1) is 10.1. The Balaban J connectivity index is 2.45. The van der Waals surface area contributed by atoms with E-state index in [1.165, 1.54) is 25.7 Å². The minimum absolute atomic E-state index is 0.505. The van der Waals surface area contributed by atoms with Gasteiger partial charge in [-0.1, -0.05) is 37.1 Å². The van der Waals surface area contributed by atoms with Crippen LogP contribution in [-0.2, 0) is 0 Å². The Morgan fingerprint density at radius 2 is 1.77 bits per heavy atom. The van der Waals surface area contributed by atoms with Crippen molar-refractivity contribution < 1.29 is 5.11 Å². The second-order valence-corrected chi connectivity index (χ2v) is 3.42. The molecule has 1 heteroatoms. The van der Waals surface area contributed by atoms with Crippen LogP contribution >= 0.6 is 0 Å². The van der Waals surface area contributed by atoms with E-state index in [0.717, 1.165) is 12.8 Å². The van der Waals surface area contributed by atoms with Crippen molar-refractivity contribution >= 4 is 0 Å². The lowest BCUT2D eigenvalue weighted by molar-refractivity contribution is 0.380. The maximum Gasteiger partial charge on any atom is 0.0922 e. The van der Waals surface area contributed by atoms with E-state index >= 15 is 0 Å². The number of aliphatic hydroxyl groups excluding tert-OH is 1. The molecule has 0 amide bonds. The van der Waals surface area contributed by atoms with Gasteiger partial charge in [-0.15, -0.1) is 0 Å². The average Bonchev–Trinajstić information content (AvgIpc) is 2.11. The Kier molecular flexibility index (Phi) is 5.07. The van der Waals surface area contributed by atoms with Gasteiger partial charge in [-0.2, -0.15) is 0 Å². The van der Waals surface area contributed by atoms with E-state index in [4.69, 9.17) is 0 Å². The number of hydrogen-bond acceptors (Lipinski definition) is 1. The first-order valence-electron chi connectivity index (χ1n) is 5.11. The SMILES string of the molecule is O/C1=C/C=C\C=C/CCCCCC1. The van der Waals surface area contributed by atoms with Gasteiger partial charge < -0.3 is 5.11 Å². The van der Waals surface area contributed by atoms with Crippen LogP contribution < -0.4 is 0 Å². The van der Waals surface area contributed by atoms with Crippen LogP contribution in [0.1, 0.15) is 38.5 Å². The fourth-order valence-corrected chi connectivity index (χ4v) is 1.41. The summed E-state index contributed by atoms with van der Waals surface area (Å²) in [5.41, 5.74) is 0. The summed E-state index contributed by atoms with van der Waals surface area (Å²) in [5, 5.41) is 9.38. The van der Waals surface area contributed by atoms with Crippen LogP contribution in [0.5, 0.6) is 0 Å². The number of aliphatic hydroxyl groups is 1. The van der Waals surface area contributed by atoms with Crippen molar-refractivity contribution in [1.29, 1.82) is 0 Å². The molecule has 0 atom stereocenters. The van der Waals surface area contributed by atoms with E-state index in [9.17, 15) is 5.11 Å². The van der Waals surface area contributed by atoms with E-state index in [1.54, 1.807) is 6.08 Å². The van der Waals surface area contributed by atoms with Crippen LogP contribution in [0.2, 0.25) is 0 Å². The highest BCUT2D eigenvalue weighted by Gasteiger charge is 1.93. The van der Waals surface area contributed by atoms with E-state index in [1.807, 2.05) is 18.2 Å². The first-order chi connectivity index (χ1) is 6.39. The fraction of sp³-hybridized carbons (Fsp3) is 0.500. The molecule has 1 nitrogen and oxygen atoms in total. The van der Waals surface area contributed by atoms with Gasteiger partial charge >= 0.3 is 0 Å². The lowest BCUT2D eigenvalue weighted by Gasteiger charge is -2.00. The lowest BCUT2D eigenvalue weighted by atomic mass is 10.1. The summed E-state index contributed by atoms with van der Waals surface area (Å²) in [5.74, 6) is 0.505. The van der Waals surface area contributed by atoms with Crippen molar-refractivity contribution in [1.82, 2.24) is 0 Å². The minimum atomic E-state index is 0.505. The normalized spacial score (nSPS) is 29.1. The van der Waals surface area contributed by atoms with Crippen molar-refractivity contribution in [3.63, 3.8) is 0 Å². The van der Waals surface area contributed by atoms with Crippen LogP contribution in [-0.4, -0.2) is 5.11 Å². The van der Waals surface area contributed by atoms with Crippen LogP contribution in [0.25, 0.3) is 0 Å². The molecule has 0 aromatic heterocycles. The monoisotopic (exact) mass is 178 g/mol. The third-order valence-electron chi connectivity index (χ3n) is 2.20. The van der Waals surface area contributed by atoms with Crippen LogP contribution in [0, 0.1) is 0 Å². The Bertz CT molecular complexity index is 211. The maximum absolute atomic E-state index is 9.38. The first-order valence-corrected chi connectivity index (χ1v) is 5.11. The maximum atomic E-state index is 9.38. The second kappa shape index (κ2) is 6.53. The van der Waals surface area contributed by atoms with Gasteiger partial charge in [0.25, 0.3) is 0 Å². The molecule has 0 aromatic carbocycles. The van der Waals surface area contributed by atoms with Crippen molar-refractivity contribution in [2.75, 3.05) is 0 Å². The largest absolute Gasteiger partial charge is 0.512 e. The number of hydrogen-bond donors (Lipinski definition) is 1. The van der Waals surface area contributed by atoms with Gasteiger partial charge in [0.2, 0.25) is 0 Å². The lowest BCUT2D eigenvalue weighted by Crippen LogP contribution is -1.83. The zero-order chi connectivity index (χ0) is 9.36. The molecule has 0 fully saturated rings. The molecule has 72 valence electrons. The van der Waals surface area contributed by atoms with Crippen molar-refractivity contribution in [2.24, 2.45) is 0 Å². The summed E-state index contributed by atoms with van der Waals surface area (Å²) < 4.78 is 0. The Morgan fingerprint density at radius 1 is 0.923 bits per heavy atom. The zero-order valence-corrected chi connectivity index (χ0v) is 8.08. The van der Waals surface area contributed by atoms with Crippen LogP contribution in [0.4, 0.5) is 0 Å². The van der Waals surface area contributed by atoms with Gasteiger partial charge in [0.15, 0.2) is 0 Å². The van der Waals surface area contributed by atoms with Gasteiger partial charge in [-0.25, -0.2) is 0 Å². The molecule has 0 saturated heterocycles. The van der Waals surface area contributed by atoms with E-state index in [2.05, 4.69) is 6.08 Å². The summed E-state index contributed by atoms with van der Waals surface area (Å²) in [7, 11) is 0.